The number of nitrogens with two attached hydrogens (primary N) is 1. The summed E-state index contributed by atoms with van der Waals surface area (Å²) in [4.78, 5) is 11.7. The monoisotopic (exact) mass is 254 g/mol. The summed E-state index contributed by atoms with van der Waals surface area (Å²) in [5, 5.41) is 2.94. The smallest absolute Gasteiger partial charge is 0.407 e. The van der Waals surface area contributed by atoms with Crippen LogP contribution in [0.1, 0.15) is 59.3 Å². The first-order valence-electron chi connectivity index (χ1n) is 6.98. The lowest BCUT2D eigenvalue weighted by Crippen LogP contribution is -2.55. The highest BCUT2D eigenvalue weighted by atomic mass is 16.6. The molecule has 3 fully saturated rings. The molecule has 0 radical (unpaired) electrons. The van der Waals surface area contributed by atoms with Gasteiger partial charge in [-0.3, -0.25) is 0 Å². The Labute approximate surface area is 110 Å². The molecule has 0 saturated heterocycles. The minimum absolute atomic E-state index is 0.0909. The van der Waals surface area contributed by atoms with Crippen molar-refractivity contribution in [3.8, 4) is 0 Å². The average molecular weight is 254 g/mol. The fourth-order valence-corrected chi connectivity index (χ4v) is 3.13. The van der Waals surface area contributed by atoms with Gasteiger partial charge >= 0.3 is 6.09 Å². The van der Waals surface area contributed by atoms with Crippen LogP contribution in [0.2, 0.25) is 0 Å². The third-order valence-electron chi connectivity index (χ3n) is 4.47. The lowest BCUT2D eigenvalue weighted by atomic mass is 9.57. The molecule has 0 aromatic heterocycles. The van der Waals surface area contributed by atoms with Crippen LogP contribution < -0.4 is 11.1 Å². The largest absolute Gasteiger partial charge is 0.444 e. The summed E-state index contributed by atoms with van der Waals surface area (Å²) in [6.07, 6.45) is 6.42. The molecule has 104 valence electrons. The van der Waals surface area contributed by atoms with Gasteiger partial charge in [-0.25, -0.2) is 4.79 Å². The van der Waals surface area contributed by atoms with E-state index in [-0.39, 0.29) is 17.0 Å². The number of hydrogen-bond acceptors (Lipinski definition) is 3. The maximum atomic E-state index is 11.7. The van der Waals surface area contributed by atoms with E-state index < -0.39 is 5.60 Å². The maximum Gasteiger partial charge on any atom is 0.407 e. The van der Waals surface area contributed by atoms with Crippen molar-refractivity contribution in [1.29, 1.82) is 0 Å². The fraction of sp³-hybridized carbons (Fsp3) is 0.929. The van der Waals surface area contributed by atoms with Crippen LogP contribution in [0.4, 0.5) is 4.79 Å². The van der Waals surface area contributed by atoms with E-state index in [9.17, 15) is 4.79 Å². The highest BCUT2D eigenvalue weighted by Gasteiger charge is 2.46. The predicted molar refractivity (Wildman–Crippen MR) is 71.3 cm³/mol. The van der Waals surface area contributed by atoms with Crippen molar-refractivity contribution in [3.05, 3.63) is 0 Å². The molecule has 3 N–H and O–H groups in total. The molecule has 18 heavy (non-hydrogen) atoms. The van der Waals surface area contributed by atoms with Crippen LogP contribution in [0.15, 0.2) is 0 Å². The Balaban J connectivity index is 1.82. The van der Waals surface area contributed by atoms with Crippen LogP contribution in [0.5, 0.6) is 0 Å². The first-order chi connectivity index (χ1) is 8.22. The second kappa shape index (κ2) is 4.41. The van der Waals surface area contributed by atoms with Gasteiger partial charge < -0.3 is 15.8 Å². The molecular weight excluding hydrogens is 228 g/mol. The molecule has 0 aliphatic heterocycles. The fourth-order valence-electron chi connectivity index (χ4n) is 3.13. The lowest BCUT2D eigenvalue weighted by Gasteiger charge is -2.51. The third-order valence-corrected chi connectivity index (χ3v) is 4.47. The van der Waals surface area contributed by atoms with Crippen LogP contribution in [-0.4, -0.2) is 23.8 Å². The van der Waals surface area contributed by atoms with Crippen molar-refractivity contribution in [2.45, 2.75) is 70.4 Å². The van der Waals surface area contributed by atoms with Crippen molar-refractivity contribution in [1.82, 2.24) is 5.32 Å². The quantitative estimate of drug-likeness (QED) is 0.796. The molecule has 4 nitrogen and oxygen atoms in total. The zero-order valence-electron chi connectivity index (χ0n) is 11.8. The number of fused-ring (bicyclic) bond motifs is 3. The van der Waals surface area contributed by atoms with Gasteiger partial charge in [0, 0.05) is 12.1 Å². The molecule has 2 bridgehead atoms. The van der Waals surface area contributed by atoms with E-state index in [4.69, 9.17) is 10.5 Å². The Morgan fingerprint density at radius 2 is 1.67 bits per heavy atom. The minimum Gasteiger partial charge on any atom is -0.444 e. The summed E-state index contributed by atoms with van der Waals surface area (Å²) in [7, 11) is 0. The van der Waals surface area contributed by atoms with E-state index in [0.29, 0.717) is 0 Å². The topological polar surface area (TPSA) is 64.3 Å². The van der Waals surface area contributed by atoms with E-state index in [1.54, 1.807) is 0 Å². The third kappa shape index (κ3) is 3.16. The van der Waals surface area contributed by atoms with Crippen LogP contribution in [0.3, 0.4) is 0 Å². The van der Waals surface area contributed by atoms with Gasteiger partial charge in [0.05, 0.1) is 0 Å². The first-order valence-corrected chi connectivity index (χ1v) is 6.98. The predicted octanol–water partition coefficient (Wildman–Crippen LogP) is 2.56. The Kier molecular flexibility index (Phi) is 3.34. The standard InChI is InChI=1S/C14H26N2O2/c1-12(2,3)18-11(17)16-10-13-4-7-14(15,8-5-13)9-6-13/h4-10,15H2,1-3H3,(H,16,17). The zero-order chi connectivity index (χ0) is 13.4. The number of carbonyl (C=O) groups is 1. The summed E-state index contributed by atoms with van der Waals surface area (Å²) in [5.74, 6) is 0. The molecule has 1 amide bonds. The molecule has 0 aromatic rings. The molecule has 4 heteroatoms. The zero-order valence-corrected chi connectivity index (χ0v) is 11.8. The van der Waals surface area contributed by atoms with E-state index in [2.05, 4.69) is 5.32 Å². The highest BCUT2D eigenvalue weighted by molar-refractivity contribution is 5.67. The molecule has 0 heterocycles. The van der Waals surface area contributed by atoms with Crippen molar-refractivity contribution < 1.29 is 9.53 Å². The van der Waals surface area contributed by atoms with E-state index in [1.165, 1.54) is 0 Å². The van der Waals surface area contributed by atoms with Crippen molar-refractivity contribution in [3.63, 3.8) is 0 Å². The summed E-state index contributed by atoms with van der Waals surface area (Å²) in [5.41, 5.74) is 6.23. The molecule has 3 saturated carbocycles. The Bertz CT molecular complexity index is 309. The summed E-state index contributed by atoms with van der Waals surface area (Å²) >= 11 is 0. The SMILES string of the molecule is CC(C)(C)OC(=O)NCC12CCC(N)(CC1)CC2. The van der Waals surface area contributed by atoms with Crippen LogP contribution in [-0.2, 0) is 4.74 Å². The number of nitrogens with one attached hydrogen (secondary N) is 1. The van der Waals surface area contributed by atoms with Gasteiger partial charge in [0.25, 0.3) is 0 Å². The Morgan fingerprint density at radius 3 is 2.11 bits per heavy atom. The molecule has 3 aliphatic rings. The van der Waals surface area contributed by atoms with Gasteiger partial charge in [0.1, 0.15) is 5.60 Å². The molecule has 0 unspecified atom stereocenters. The number of amides is 1. The molecule has 0 aromatic carbocycles. The molecular formula is C14H26N2O2. The summed E-state index contributed by atoms with van der Waals surface area (Å²) < 4.78 is 5.28. The van der Waals surface area contributed by atoms with Crippen LogP contribution in [0.25, 0.3) is 0 Å². The lowest BCUT2D eigenvalue weighted by molar-refractivity contribution is 0.0287. The first kappa shape index (κ1) is 13.7. The summed E-state index contributed by atoms with van der Waals surface area (Å²) in [6.45, 7) is 6.39. The molecule has 3 rings (SSSR count). The maximum absolute atomic E-state index is 11.7. The van der Waals surface area contributed by atoms with Crippen molar-refractivity contribution >= 4 is 6.09 Å². The van der Waals surface area contributed by atoms with Gasteiger partial charge in [0.2, 0.25) is 0 Å². The van der Waals surface area contributed by atoms with Crippen LogP contribution in [0, 0.1) is 5.41 Å². The van der Waals surface area contributed by atoms with Gasteiger partial charge in [-0.1, -0.05) is 0 Å². The second-order valence-electron chi connectivity index (χ2n) is 7.22. The van der Waals surface area contributed by atoms with Crippen molar-refractivity contribution in [2.24, 2.45) is 11.1 Å². The van der Waals surface area contributed by atoms with E-state index in [1.807, 2.05) is 20.8 Å². The molecule has 3 aliphatic carbocycles. The Morgan fingerprint density at radius 1 is 1.17 bits per heavy atom. The number of hydrogen-bond donors (Lipinski definition) is 2. The normalized spacial score (nSPS) is 35.3. The van der Waals surface area contributed by atoms with Gasteiger partial charge in [-0.2, -0.15) is 0 Å². The molecule has 0 spiro atoms. The van der Waals surface area contributed by atoms with Gasteiger partial charge in [-0.05, 0) is 64.7 Å². The Hall–Kier alpha value is -0.770. The van der Waals surface area contributed by atoms with Gasteiger partial charge in [-0.15, -0.1) is 0 Å². The van der Waals surface area contributed by atoms with E-state index >= 15 is 0 Å². The molecule has 0 atom stereocenters. The minimum atomic E-state index is -0.423. The summed E-state index contributed by atoms with van der Waals surface area (Å²) in [6, 6.07) is 0. The highest BCUT2D eigenvalue weighted by Crippen LogP contribution is 2.50. The van der Waals surface area contributed by atoms with Crippen molar-refractivity contribution in [2.75, 3.05) is 6.54 Å². The van der Waals surface area contributed by atoms with Gasteiger partial charge in [0.15, 0.2) is 0 Å². The van der Waals surface area contributed by atoms with E-state index in [0.717, 1.165) is 45.1 Å². The number of alkyl carbamates (subject to hydrolysis) is 1. The second-order valence-corrected chi connectivity index (χ2v) is 7.22. The number of carbonyl (C=O) groups excluding carboxylic acids is 1. The van der Waals surface area contributed by atoms with Crippen LogP contribution >= 0.6 is 0 Å². The average Bonchev–Trinajstić information content (AvgIpc) is 2.26. The number of rotatable bonds is 2. The number of ether oxygens (including phenoxy) is 1.